The van der Waals surface area contributed by atoms with Gasteiger partial charge in [-0.3, -0.25) is 0 Å². The van der Waals surface area contributed by atoms with Crippen LogP contribution in [0.4, 0.5) is 4.79 Å². The molecule has 2 aromatic rings. The summed E-state index contributed by atoms with van der Waals surface area (Å²) in [6, 6.07) is 17.8. The Kier molecular flexibility index (Phi) is 6.63. The van der Waals surface area contributed by atoms with E-state index in [-0.39, 0.29) is 12.4 Å². The van der Waals surface area contributed by atoms with Crippen LogP contribution in [0.15, 0.2) is 60.7 Å². The summed E-state index contributed by atoms with van der Waals surface area (Å²) in [5, 5.41) is 2.57. The van der Waals surface area contributed by atoms with Crippen molar-refractivity contribution in [3.63, 3.8) is 0 Å². The van der Waals surface area contributed by atoms with Crippen LogP contribution < -0.4 is 5.32 Å². The van der Waals surface area contributed by atoms with Gasteiger partial charge in [0.25, 0.3) is 0 Å². The monoisotopic (exact) mass is 367 g/mol. The molecule has 1 N–H and O–H groups in total. The minimum absolute atomic E-state index is 0.109. The van der Waals surface area contributed by atoms with Crippen molar-refractivity contribution >= 4 is 25.8 Å². The van der Waals surface area contributed by atoms with Crippen LogP contribution in [0.5, 0.6) is 0 Å². The molecule has 128 valence electrons. The average Bonchev–Trinajstić information content (AvgIpc) is 2.53. The van der Waals surface area contributed by atoms with Crippen molar-refractivity contribution in [3.05, 3.63) is 71.8 Å². The molecular formula is C17H18ClNO4S. The van der Waals surface area contributed by atoms with Crippen LogP contribution in [0.3, 0.4) is 0 Å². The van der Waals surface area contributed by atoms with Crippen LogP contribution in [-0.2, 0) is 26.8 Å². The lowest BCUT2D eigenvalue weighted by molar-refractivity contribution is 0.136. The maximum atomic E-state index is 11.9. The van der Waals surface area contributed by atoms with Crippen molar-refractivity contribution < 1.29 is 17.9 Å². The lowest BCUT2D eigenvalue weighted by Gasteiger charge is -2.17. The number of nitrogens with one attached hydrogen (secondary N) is 1. The Hall–Kier alpha value is -2.05. The molecule has 1 amide bonds. The van der Waals surface area contributed by atoms with Gasteiger partial charge in [0.1, 0.15) is 6.61 Å². The van der Waals surface area contributed by atoms with Gasteiger partial charge in [-0.05, 0) is 17.5 Å². The maximum Gasteiger partial charge on any atom is 0.407 e. The summed E-state index contributed by atoms with van der Waals surface area (Å²) in [5.74, 6) is -0.371. The molecule has 5 nitrogen and oxygen atoms in total. The molecule has 0 saturated heterocycles. The number of carbonyl (C=O) groups is 1. The first-order valence-electron chi connectivity index (χ1n) is 7.36. The standard InChI is InChI=1S/C17H18ClNO4S/c18-24(21,22)13-16(11-14-7-3-1-4-8-14)19-17(20)23-12-15-9-5-2-6-10-15/h1-10,16H,11-13H2,(H,19,20)/t16-/m0/s1. The lowest BCUT2D eigenvalue weighted by atomic mass is 10.1. The molecule has 0 bridgehead atoms. The third kappa shape index (κ3) is 7.02. The summed E-state index contributed by atoms with van der Waals surface area (Å²) in [5.41, 5.74) is 1.74. The quantitative estimate of drug-likeness (QED) is 0.763. The van der Waals surface area contributed by atoms with Gasteiger partial charge in [0, 0.05) is 10.7 Å². The zero-order valence-electron chi connectivity index (χ0n) is 12.9. The summed E-state index contributed by atoms with van der Waals surface area (Å²) in [6.07, 6.45) is -0.340. The summed E-state index contributed by atoms with van der Waals surface area (Å²) in [7, 11) is 1.58. The van der Waals surface area contributed by atoms with E-state index in [0.29, 0.717) is 6.42 Å². The van der Waals surface area contributed by atoms with Gasteiger partial charge in [-0.15, -0.1) is 0 Å². The van der Waals surface area contributed by atoms with E-state index < -0.39 is 21.2 Å². The number of benzene rings is 2. The normalized spacial score (nSPS) is 12.4. The third-order valence-electron chi connectivity index (χ3n) is 3.26. The Balaban J connectivity index is 1.95. The van der Waals surface area contributed by atoms with Crippen LogP contribution >= 0.6 is 10.7 Å². The fraction of sp³-hybridized carbons (Fsp3) is 0.235. The maximum absolute atomic E-state index is 11.9. The second-order valence-electron chi connectivity index (χ2n) is 5.30. The van der Waals surface area contributed by atoms with E-state index in [1.54, 1.807) is 0 Å². The molecule has 2 rings (SSSR count). The fourth-order valence-electron chi connectivity index (χ4n) is 2.22. The molecule has 0 aliphatic carbocycles. The molecule has 0 radical (unpaired) electrons. The van der Waals surface area contributed by atoms with Gasteiger partial charge in [0.05, 0.1) is 11.8 Å². The third-order valence-corrected chi connectivity index (χ3v) is 4.44. The Morgan fingerprint density at radius 3 is 2.08 bits per heavy atom. The van der Waals surface area contributed by atoms with Crippen LogP contribution in [0.1, 0.15) is 11.1 Å². The second-order valence-corrected chi connectivity index (χ2v) is 8.12. The van der Waals surface area contributed by atoms with Crippen LogP contribution in [0.25, 0.3) is 0 Å². The summed E-state index contributed by atoms with van der Waals surface area (Å²) in [4.78, 5) is 11.9. The molecule has 0 fully saturated rings. The Morgan fingerprint density at radius 2 is 1.54 bits per heavy atom. The highest BCUT2D eigenvalue weighted by Crippen LogP contribution is 2.09. The zero-order chi connectivity index (χ0) is 17.4. The van der Waals surface area contributed by atoms with Gasteiger partial charge in [0.15, 0.2) is 0 Å². The largest absolute Gasteiger partial charge is 0.445 e. The van der Waals surface area contributed by atoms with Crippen LogP contribution in [0, 0.1) is 0 Å². The van der Waals surface area contributed by atoms with Gasteiger partial charge < -0.3 is 10.1 Å². The van der Waals surface area contributed by atoms with E-state index in [0.717, 1.165) is 11.1 Å². The van der Waals surface area contributed by atoms with Gasteiger partial charge in [-0.25, -0.2) is 13.2 Å². The first-order chi connectivity index (χ1) is 11.4. The number of halogens is 1. The molecule has 7 heteroatoms. The molecular weight excluding hydrogens is 350 g/mol. The molecule has 0 saturated carbocycles. The highest BCUT2D eigenvalue weighted by molar-refractivity contribution is 8.13. The number of amides is 1. The number of carbonyl (C=O) groups excluding carboxylic acids is 1. The van der Waals surface area contributed by atoms with E-state index >= 15 is 0 Å². The zero-order valence-corrected chi connectivity index (χ0v) is 14.5. The van der Waals surface area contributed by atoms with Crippen molar-refractivity contribution in [2.45, 2.75) is 19.1 Å². The second kappa shape index (κ2) is 8.70. The van der Waals surface area contributed by atoms with Crippen LogP contribution in [0.2, 0.25) is 0 Å². The van der Waals surface area contributed by atoms with Crippen molar-refractivity contribution in [1.29, 1.82) is 0 Å². The smallest absolute Gasteiger partial charge is 0.407 e. The number of hydrogen-bond acceptors (Lipinski definition) is 4. The Bertz CT molecular complexity index is 751. The first-order valence-corrected chi connectivity index (χ1v) is 9.84. The van der Waals surface area contributed by atoms with Gasteiger partial charge in [-0.1, -0.05) is 60.7 Å². The van der Waals surface area contributed by atoms with E-state index in [2.05, 4.69) is 5.32 Å². The number of hydrogen-bond donors (Lipinski definition) is 1. The molecule has 0 aromatic heterocycles. The van der Waals surface area contributed by atoms with Crippen molar-refractivity contribution in [3.8, 4) is 0 Å². The van der Waals surface area contributed by atoms with E-state index in [4.69, 9.17) is 15.4 Å². The molecule has 0 spiro atoms. The predicted octanol–water partition coefficient (Wildman–Crippen LogP) is 3.09. The van der Waals surface area contributed by atoms with Crippen molar-refractivity contribution in [2.75, 3.05) is 5.75 Å². The highest BCUT2D eigenvalue weighted by Gasteiger charge is 2.20. The van der Waals surface area contributed by atoms with E-state index in [1.165, 1.54) is 0 Å². The molecule has 0 unspecified atom stereocenters. The summed E-state index contributed by atoms with van der Waals surface area (Å²) >= 11 is 0. The molecule has 2 aromatic carbocycles. The van der Waals surface area contributed by atoms with Gasteiger partial charge in [-0.2, -0.15) is 0 Å². The lowest BCUT2D eigenvalue weighted by Crippen LogP contribution is -2.40. The Labute approximate surface area is 146 Å². The minimum atomic E-state index is -3.75. The first kappa shape index (κ1) is 18.3. The van der Waals surface area contributed by atoms with Crippen molar-refractivity contribution in [2.24, 2.45) is 0 Å². The van der Waals surface area contributed by atoms with Gasteiger partial charge in [0.2, 0.25) is 9.05 Å². The summed E-state index contributed by atoms with van der Waals surface area (Å²) < 4.78 is 27.9. The summed E-state index contributed by atoms with van der Waals surface area (Å²) in [6.45, 7) is 0.109. The SMILES string of the molecule is O=C(N[C@@H](Cc1ccccc1)CS(=O)(=O)Cl)OCc1ccccc1. The number of ether oxygens (including phenoxy) is 1. The van der Waals surface area contributed by atoms with E-state index in [1.807, 2.05) is 60.7 Å². The van der Waals surface area contributed by atoms with E-state index in [9.17, 15) is 13.2 Å². The highest BCUT2D eigenvalue weighted by atomic mass is 35.7. The molecule has 1 atom stereocenters. The fourth-order valence-corrected chi connectivity index (χ4v) is 3.36. The van der Waals surface area contributed by atoms with Gasteiger partial charge >= 0.3 is 6.09 Å². The molecule has 0 heterocycles. The Morgan fingerprint density at radius 1 is 1.00 bits per heavy atom. The number of rotatable bonds is 7. The minimum Gasteiger partial charge on any atom is -0.445 e. The molecule has 0 aliphatic rings. The average molecular weight is 368 g/mol. The topological polar surface area (TPSA) is 72.5 Å². The number of alkyl carbamates (subject to hydrolysis) is 1. The molecule has 24 heavy (non-hydrogen) atoms. The molecule has 0 aliphatic heterocycles. The van der Waals surface area contributed by atoms with Crippen LogP contribution in [-0.4, -0.2) is 26.3 Å². The predicted molar refractivity (Wildman–Crippen MR) is 93.3 cm³/mol. The van der Waals surface area contributed by atoms with Crippen molar-refractivity contribution in [1.82, 2.24) is 5.32 Å².